The predicted molar refractivity (Wildman–Crippen MR) is 105 cm³/mol. The quantitative estimate of drug-likeness (QED) is 0.667. The van der Waals surface area contributed by atoms with Crippen LogP contribution in [0.2, 0.25) is 0 Å². The average molecular weight is 460 g/mol. The summed E-state index contributed by atoms with van der Waals surface area (Å²) in [5, 5.41) is 2.83. The largest absolute Gasteiger partial charge is 0.465 e. The monoisotopic (exact) mass is 459 g/mol. The van der Waals surface area contributed by atoms with Gasteiger partial charge in [-0.15, -0.1) is 11.3 Å². The Labute approximate surface area is 164 Å². The van der Waals surface area contributed by atoms with E-state index in [-0.39, 0.29) is 11.3 Å². The molecule has 1 heterocycles. The topological polar surface area (TPSA) is 89.5 Å². The Morgan fingerprint density at radius 3 is 2.58 bits per heavy atom. The number of halogens is 1. The maximum atomic E-state index is 12.3. The number of sulfone groups is 1. The van der Waals surface area contributed by atoms with E-state index in [0.717, 1.165) is 9.35 Å². The van der Waals surface area contributed by atoms with E-state index in [1.165, 1.54) is 18.4 Å². The predicted octanol–water partition coefficient (Wildman–Crippen LogP) is 3.47. The summed E-state index contributed by atoms with van der Waals surface area (Å²) in [6.45, 7) is 3.56. The smallest absolute Gasteiger partial charge is 0.341 e. The van der Waals surface area contributed by atoms with Crippen molar-refractivity contribution in [2.75, 3.05) is 18.2 Å². The molecule has 1 N–H and O–H groups in total. The first-order valence-electron chi connectivity index (χ1n) is 7.56. The van der Waals surface area contributed by atoms with Crippen LogP contribution in [0.15, 0.2) is 28.7 Å². The summed E-state index contributed by atoms with van der Waals surface area (Å²) in [4.78, 5) is 25.0. The van der Waals surface area contributed by atoms with Gasteiger partial charge in [-0.2, -0.15) is 0 Å². The fourth-order valence-electron chi connectivity index (χ4n) is 2.36. The number of methoxy groups -OCH3 is 1. The minimum atomic E-state index is -3.66. The molecule has 1 amide bonds. The van der Waals surface area contributed by atoms with E-state index >= 15 is 0 Å². The van der Waals surface area contributed by atoms with Gasteiger partial charge >= 0.3 is 5.97 Å². The second kappa shape index (κ2) is 8.32. The number of carbonyl (C=O) groups excluding carboxylic acids is 2. The molecule has 9 heteroatoms. The molecule has 0 aliphatic heterocycles. The van der Waals surface area contributed by atoms with Gasteiger partial charge in [-0.25, -0.2) is 13.2 Å². The van der Waals surface area contributed by atoms with E-state index < -0.39 is 27.5 Å². The van der Waals surface area contributed by atoms with Gasteiger partial charge in [0, 0.05) is 9.35 Å². The number of rotatable bonds is 6. The van der Waals surface area contributed by atoms with Crippen LogP contribution in [0.5, 0.6) is 0 Å². The van der Waals surface area contributed by atoms with E-state index in [0.29, 0.717) is 16.1 Å². The minimum Gasteiger partial charge on any atom is -0.465 e. The fraction of sp³-hybridized carbons (Fsp3) is 0.294. The second-order valence-corrected chi connectivity index (χ2v) is 9.89. The van der Waals surface area contributed by atoms with Gasteiger partial charge in [-0.05, 0) is 37.1 Å². The Morgan fingerprint density at radius 2 is 1.96 bits per heavy atom. The third kappa shape index (κ3) is 5.15. The van der Waals surface area contributed by atoms with Crippen molar-refractivity contribution in [3.8, 4) is 0 Å². The van der Waals surface area contributed by atoms with Crippen molar-refractivity contribution < 1.29 is 22.7 Å². The van der Waals surface area contributed by atoms with Gasteiger partial charge < -0.3 is 10.1 Å². The van der Waals surface area contributed by atoms with E-state index in [4.69, 9.17) is 4.74 Å². The summed E-state index contributed by atoms with van der Waals surface area (Å²) >= 11 is 4.50. The van der Waals surface area contributed by atoms with Gasteiger partial charge in [-0.1, -0.05) is 28.1 Å². The van der Waals surface area contributed by atoms with Crippen molar-refractivity contribution in [2.24, 2.45) is 0 Å². The molecule has 0 unspecified atom stereocenters. The molecule has 1 aromatic heterocycles. The maximum Gasteiger partial charge on any atom is 0.341 e. The highest BCUT2D eigenvalue weighted by molar-refractivity contribution is 9.10. The lowest BCUT2D eigenvalue weighted by Gasteiger charge is -2.07. The summed E-state index contributed by atoms with van der Waals surface area (Å²) in [5.41, 5.74) is 1.55. The molecule has 0 aliphatic carbocycles. The molecule has 0 spiro atoms. The Balaban J connectivity index is 2.13. The standard InChI is InChI=1S/C17H18BrNO5S2/c1-10-11(2)25-16(15(10)17(21)24-3)19-14(20)9-26(22,23)8-12-5-4-6-13(18)7-12/h4-7H,8-9H2,1-3H3,(H,19,20). The Bertz CT molecular complexity index is 950. The van der Waals surface area contributed by atoms with Crippen LogP contribution < -0.4 is 5.32 Å². The lowest BCUT2D eigenvalue weighted by atomic mass is 10.1. The molecule has 140 valence electrons. The van der Waals surface area contributed by atoms with Gasteiger partial charge in [0.1, 0.15) is 10.8 Å². The highest BCUT2D eigenvalue weighted by Gasteiger charge is 2.24. The molecule has 6 nitrogen and oxygen atoms in total. The van der Waals surface area contributed by atoms with Crippen LogP contribution in [-0.2, 0) is 25.1 Å². The van der Waals surface area contributed by atoms with Crippen LogP contribution in [0.25, 0.3) is 0 Å². The van der Waals surface area contributed by atoms with E-state index in [9.17, 15) is 18.0 Å². The third-order valence-corrected chi connectivity index (χ3v) is 6.75. The second-order valence-electron chi connectivity index (χ2n) is 5.69. The van der Waals surface area contributed by atoms with Crippen LogP contribution in [0.3, 0.4) is 0 Å². The highest BCUT2D eigenvalue weighted by Crippen LogP contribution is 2.33. The molecule has 0 saturated heterocycles. The molecule has 0 saturated carbocycles. The number of benzene rings is 1. The summed E-state index contributed by atoms with van der Waals surface area (Å²) < 4.78 is 30.1. The van der Waals surface area contributed by atoms with Crippen LogP contribution in [0, 0.1) is 13.8 Å². The molecule has 2 rings (SSSR count). The lowest BCUT2D eigenvalue weighted by molar-refractivity contribution is -0.113. The number of hydrogen-bond acceptors (Lipinski definition) is 6. The van der Waals surface area contributed by atoms with Gasteiger partial charge in [0.2, 0.25) is 5.91 Å². The minimum absolute atomic E-state index is 0.244. The number of esters is 1. The molecule has 0 aliphatic rings. The lowest BCUT2D eigenvalue weighted by Crippen LogP contribution is -2.24. The summed E-state index contributed by atoms with van der Waals surface area (Å²) in [7, 11) is -2.40. The van der Waals surface area contributed by atoms with Crippen molar-refractivity contribution in [2.45, 2.75) is 19.6 Å². The van der Waals surface area contributed by atoms with E-state index in [2.05, 4.69) is 21.2 Å². The van der Waals surface area contributed by atoms with E-state index in [1.54, 1.807) is 31.2 Å². The number of thiophene rings is 1. The molecule has 26 heavy (non-hydrogen) atoms. The maximum absolute atomic E-state index is 12.3. The molecular weight excluding hydrogens is 442 g/mol. The third-order valence-electron chi connectivity index (χ3n) is 3.65. The number of amides is 1. The Morgan fingerprint density at radius 1 is 1.27 bits per heavy atom. The number of hydrogen-bond donors (Lipinski definition) is 1. The number of carbonyl (C=O) groups is 2. The molecule has 0 atom stereocenters. The summed E-state index contributed by atoms with van der Waals surface area (Å²) in [5.74, 6) is -2.17. The van der Waals surface area contributed by atoms with Crippen LogP contribution >= 0.6 is 27.3 Å². The van der Waals surface area contributed by atoms with Crippen molar-refractivity contribution >= 4 is 54.0 Å². The number of aryl methyl sites for hydroxylation is 1. The zero-order chi connectivity index (χ0) is 19.5. The molecular formula is C17H18BrNO5S2. The number of nitrogens with one attached hydrogen (secondary N) is 1. The number of anilines is 1. The molecule has 0 radical (unpaired) electrons. The first-order chi connectivity index (χ1) is 12.1. The van der Waals surface area contributed by atoms with Gasteiger partial charge in [0.05, 0.1) is 18.4 Å². The molecule has 2 aromatic rings. The fourth-order valence-corrected chi connectivity index (χ4v) is 5.13. The van der Waals surface area contributed by atoms with Crippen molar-refractivity contribution in [1.29, 1.82) is 0 Å². The number of ether oxygens (including phenoxy) is 1. The zero-order valence-electron chi connectivity index (χ0n) is 14.5. The average Bonchev–Trinajstić information content (AvgIpc) is 2.79. The molecule has 0 bridgehead atoms. The Kier molecular flexibility index (Phi) is 6.59. The molecule has 1 aromatic carbocycles. The van der Waals surface area contributed by atoms with Gasteiger partial charge in [0.25, 0.3) is 0 Å². The normalized spacial score (nSPS) is 11.2. The van der Waals surface area contributed by atoms with Crippen molar-refractivity contribution in [1.82, 2.24) is 0 Å². The van der Waals surface area contributed by atoms with Crippen molar-refractivity contribution in [3.63, 3.8) is 0 Å². The van der Waals surface area contributed by atoms with Crippen LogP contribution in [0.4, 0.5) is 5.00 Å². The summed E-state index contributed by atoms with van der Waals surface area (Å²) in [6, 6.07) is 6.89. The van der Waals surface area contributed by atoms with Gasteiger partial charge in [-0.3, -0.25) is 4.79 Å². The first-order valence-corrected chi connectivity index (χ1v) is 11.0. The van der Waals surface area contributed by atoms with Crippen LogP contribution in [0.1, 0.15) is 26.4 Å². The van der Waals surface area contributed by atoms with E-state index in [1.807, 2.05) is 6.92 Å². The van der Waals surface area contributed by atoms with Crippen LogP contribution in [-0.4, -0.2) is 33.2 Å². The zero-order valence-corrected chi connectivity index (χ0v) is 17.7. The molecule has 0 fully saturated rings. The van der Waals surface area contributed by atoms with Crippen molar-refractivity contribution in [3.05, 3.63) is 50.3 Å². The Hall–Kier alpha value is -1.71. The summed E-state index contributed by atoms with van der Waals surface area (Å²) in [6.07, 6.45) is 0. The highest BCUT2D eigenvalue weighted by atomic mass is 79.9. The van der Waals surface area contributed by atoms with Gasteiger partial charge in [0.15, 0.2) is 9.84 Å². The first kappa shape index (κ1) is 20.6. The SMILES string of the molecule is COC(=O)c1c(NC(=O)CS(=O)(=O)Cc2cccc(Br)c2)sc(C)c1C.